The van der Waals surface area contributed by atoms with Crippen LogP contribution in [0.2, 0.25) is 0 Å². The van der Waals surface area contributed by atoms with Crippen LogP contribution in [0.3, 0.4) is 0 Å². The molecular weight excluding hydrogens is 610 g/mol. The minimum atomic E-state index is -0.349. The molecule has 2 N–H and O–H groups in total. The highest BCUT2D eigenvalue weighted by Crippen LogP contribution is 2.30. The minimum Gasteiger partial charge on any atom is -0.494 e. The molecule has 6 aromatic rings. The van der Waals surface area contributed by atoms with E-state index in [1.165, 1.54) is 22.4 Å². The fraction of sp³-hybridized carbons (Fsp3) is 0.195. The topological polar surface area (TPSA) is 96.3 Å². The van der Waals surface area contributed by atoms with Gasteiger partial charge in [0.15, 0.2) is 0 Å². The maximum atomic E-state index is 11.9. The second-order valence-corrected chi connectivity index (χ2v) is 11.8. The molecule has 2 heterocycles. The van der Waals surface area contributed by atoms with Crippen LogP contribution in [-0.4, -0.2) is 34.2 Å². The highest BCUT2D eigenvalue weighted by Gasteiger charge is 2.23. The molecule has 0 fully saturated rings. The second kappa shape index (κ2) is 15.8. The van der Waals surface area contributed by atoms with Gasteiger partial charge in [0, 0.05) is 25.2 Å². The largest absolute Gasteiger partial charge is 0.494 e. The number of nitrogens with zero attached hydrogens (tertiary/aromatic N) is 3. The summed E-state index contributed by atoms with van der Waals surface area (Å²) < 4.78 is 15.0. The van der Waals surface area contributed by atoms with Crippen molar-refractivity contribution in [2.45, 2.75) is 39.4 Å². The van der Waals surface area contributed by atoms with Crippen LogP contribution in [0.15, 0.2) is 133 Å². The maximum absolute atomic E-state index is 11.9. The predicted molar refractivity (Wildman–Crippen MR) is 194 cm³/mol. The summed E-state index contributed by atoms with van der Waals surface area (Å²) in [7, 11) is 0. The minimum absolute atomic E-state index is 0.342. The van der Waals surface area contributed by atoms with Crippen LogP contribution in [0, 0.1) is 10.8 Å². The molecule has 0 spiro atoms. The van der Waals surface area contributed by atoms with Gasteiger partial charge >= 0.3 is 5.97 Å². The van der Waals surface area contributed by atoms with Crippen LogP contribution < -0.4 is 15.3 Å². The zero-order chi connectivity index (χ0) is 34.0. The molecule has 248 valence electrons. The van der Waals surface area contributed by atoms with E-state index in [1.54, 1.807) is 25.1 Å². The lowest BCUT2D eigenvalue weighted by atomic mass is 10.1. The number of aromatic nitrogens is 2. The molecule has 0 bridgehead atoms. The molecule has 0 aliphatic carbocycles. The van der Waals surface area contributed by atoms with Crippen molar-refractivity contribution in [1.29, 1.82) is 10.8 Å². The Balaban J connectivity index is 0.000000205. The van der Waals surface area contributed by atoms with E-state index in [-0.39, 0.29) is 5.97 Å². The first kappa shape index (κ1) is 33.0. The molecule has 0 saturated carbocycles. The van der Waals surface area contributed by atoms with Crippen LogP contribution >= 0.6 is 0 Å². The molecule has 0 atom stereocenters. The van der Waals surface area contributed by atoms with E-state index in [2.05, 4.69) is 53.4 Å². The molecule has 8 nitrogen and oxygen atoms in total. The van der Waals surface area contributed by atoms with Crippen molar-refractivity contribution < 1.29 is 14.3 Å². The Hall–Kier alpha value is -5.89. The lowest BCUT2D eigenvalue weighted by Gasteiger charge is -2.19. The molecule has 0 radical (unpaired) electrons. The zero-order valence-corrected chi connectivity index (χ0v) is 27.7. The summed E-state index contributed by atoms with van der Waals surface area (Å²) in [5.74, 6) is 0.979. The number of benzene rings is 5. The normalized spacial score (nSPS) is 11.9. The molecule has 5 aromatic carbocycles. The molecule has 0 unspecified atom stereocenters. The number of fused-ring (bicyclic) bond motifs is 2. The van der Waals surface area contributed by atoms with Crippen molar-refractivity contribution in [2.24, 2.45) is 0 Å². The third-order valence-electron chi connectivity index (χ3n) is 8.45. The molecule has 0 saturated heterocycles. The number of carbonyl (C=O) groups excluding carboxylic acids is 1. The fourth-order valence-electron chi connectivity index (χ4n) is 6.08. The van der Waals surface area contributed by atoms with Gasteiger partial charge in [0.05, 0.1) is 36.4 Å². The van der Waals surface area contributed by atoms with E-state index < -0.39 is 0 Å². The quantitative estimate of drug-likeness (QED) is 0.110. The van der Waals surface area contributed by atoms with Gasteiger partial charge in [-0.05, 0) is 66.4 Å². The van der Waals surface area contributed by atoms with Crippen LogP contribution in [0.25, 0.3) is 11.0 Å². The average molecular weight is 652 g/mol. The summed E-state index contributed by atoms with van der Waals surface area (Å²) >= 11 is 0. The molecule has 49 heavy (non-hydrogen) atoms. The number of nitrogens with one attached hydrogen (secondary N) is 2. The van der Waals surface area contributed by atoms with Crippen LogP contribution in [0.1, 0.15) is 40.4 Å². The number of carbonyl (C=O) groups is 1. The van der Waals surface area contributed by atoms with Gasteiger partial charge in [0.1, 0.15) is 11.6 Å². The van der Waals surface area contributed by atoms with Crippen LogP contribution in [0.4, 0.5) is 5.69 Å². The smallest absolute Gasteiger partial charge is 0.338 e. The Morgan fingerprint density at radius 2 is 1.35 bits per heavy atom. The Morgan fingerprint density at radius 3 is 2.06 bits per heavy atom. The molecule has 8 heteroatoms. The molecule has 0 amide bonds. The number of ether oxygens (including phenoxy) is 2. The summed E-state index contributed by atoms with van der Waals surface area (Å²) in [5, 5.41) is 16.8. The Bertz CT molecular complexity index is 2090. The number of aryl methyl sites for hydroxylation is 1. The highest BCUT2D eigenvalue weighted by molar-refractivity contribution is 6.03. The van der Waals surface area contributed by atoms with Gasteiger partial charge < -0.3 is 23.5 Å². The van der Waals surface area contributed by atoms with Crippen molar-refractivity contribution in [3.05, 3.63) is 161 Å². The Morgan fingerprint density at radius 1 is 0.714 bits per heavy atom. The van der Waals surface area contributed by atoms with Crippen LogP contribution in [0.5, 0.6) is 5.75 Å². The molecule has 1 aromatic heterocycles. The van der Waals surface area contributed by atoms with Crippen molar-refractivity contribution >= 4 is 28.5 Å². The number of imidazole rings is 1. The first-order valence-electron chi connectivity index (χ1n) is 16.6. The standard InChI is InChI=1S/C26H27N3O3.C15H14N2/c1-2-31-25(30)21-12-8-13-22(18-21)32-17-9-16-28-23-14-6-7-15-24(23)29(26(28)27)19-20-10-4-3-5-11-20;16-15-10-13-8-4-5-9-14(13)17(15)11-12-6-2-1-3-7-12/h3-8,10-15,18,27H,2,9,16-17,19H2,1H3;1-9,16H,10-11H2. The summed E-state index contributed by atoms with van der Waals surface area (Å²) in [5.41, 5.74) is 7.89. The van der Waals surface area contributed by atoms with Gasteiger partial charge in [0.2, 0.25) is 5.62 Å². The van der Waals surface area contributed by atoms with Gasteiger partial charge in [-0.15, -0.1) is 0 Å². The summed E-state index contributed by atoms with van der Waals surface area (Å²) in [4.78, 5) is 14.0. The number of anilines is 1. The number of para-hydroxylation sites is 3. The zero-order valence-electron chi connectivity index (χ0n) is 27.7. The number of hydrogen-bond donors (Lipinski definition) is 2. The van der Waals surface area contributed by atoms with Gasteiger partial charge in [-0.1, -0.05) is 97.1 Å². The average Bonchev–Trinajstić information content (AvgIpc) is 3.59. The number of amidine groups is 1. The lowest BCUT2D eigenvalue weighted by molar-refractivity contribution is 0.0526. The lowest BCUT2D eigenvalue weighted by Crippen LogP contribution is -2.25. The van der Waals surface area contributed by atoms with Crippen molar-refractivity contribution in [3.63, 3.8) is 0 Å². The highest BCUT2D eigenvalue weighted by atomic mass is 16.5. The van der Waals surface area contributed by atoms with Gasteiger partial charge in [-0.25, -0.2) is 4.79 Å². The first-order valence-corrected chi connectivity index (χ1v) is 16.6. The number of esters is 1. The van der Waals surface area contributed by atoms with Gasteiger partial charge in [-0.2, -0.15) is 0 Å². The SMILES string of the molecule is CCOC(=O)c1cccc(OCCCn2c(=N)n(Cc3ccccc3)c3ccccc32)c1.N=C1Cc2ccccc2N1Cc1ccccc1. The Labute approximate surface area is 286 Å². The van der Waals surface area contributed by atoms with E-state index >= 15 is 0 Å². The molecule has 1 aliphatic heterocycles. The second-order valence-electron chi connectivity index (χ2n) is 11.8. The van der Waals surface area contributed by atoms with E-state index in [0.29, 0.717) is 49.1 Å². The molecule has 1 aliphatic rings. The van der Waals surface area contributed by atoms with Crippen LogP contribution in [-0.2, 0) is 30.8 Å². The van der Waals surface area contributed by atoms with Gasteiger partial charge in [-0.3, -0.25) is 10.8 Å². The predicted octanol–water partition coefficient (Wildman–Crippen LogP) is 7.84. The van der Waals surface area contributed by atoms with Crippen molar-refractivity contribution in [3.8, 4) is 5.75 Å². The van der Waals surface area contributed by atoms with Crippen molar-refractivity contribution in [1.82, 2.24) is 9.13 Å². The van der Waals surface area contributed by atoms with E-state index in [0.717, 1.165) is 30.4 Å². The third-order valence-corrected chi connectivity index (χ3v) is 8.45. The fourth-order valence-corrected chi connectivity index (χ4v) is 6.08. The Kier molecular flexibility index (Phi) is 10.7. The summed E-state index contributed by atoms with van der Waals surface area (Å²) in [6.45, 7) is 4.72. The van der Waals surface area contributed by atoms with E-state index in [9.17, 15) is 4.79 Å². The third kappa shape index (κ3) is 7.99. The van der Waals surface area contributed by atoms with Crippen molar-refractivity contribution in [2.75, 3.05) is 18.1 Å². The summed E-state index contributed by atoms with van der Waals surface area (Å²) in [6, 6.07) is 44.0. The number of rotatable bonds is 11. The first-order chi connectivity index (χ1) is 24.0. The maximum Gasteiger partial charge on any atom is 0.338 e. The van der Waals surface area contributed by atoms with E-state index in [4.69, 9.17) is 20.3 Å². The van der Waals surface area contributed by atoms with Gasteiger partial charge in [0.25, 0.3) is 0 Å². The number of hydrogen-bond acceptors (Lipinski definition) is 5. The summed E-state index contributed by atoms with van der Waals surface area (Å²) in [6.07, 6.45) is 1.49. The monoisotopic (exact) mass is 651 g/mol. The molecular formula is C41H41N5O3. The van der Waals surface area contributed by atoms with E-state index in [1.807, 2.05) is 75.9 Å². The molecule has 7 rings (SSSR count).